The van der Waals surface area contributed by atoms with Crippen LogP contribution in [0, 0.1) is 6.92 Å². The molecule has 0 N–H and O–H groups in total. The van der Waals surface area contributed by atoms with Crippen LogP contribution in [0.15, 0.2) is 12.1 Å². The van der Waals surface area contributed by atoms with Gasteiger partial charge in [-0.05, 0) is 109 Å². The molecule has 40 heavy (non-hydrogen) atoms. The Morgan fingerprint density at radius 2 is 1.57 bits per heavy atom. The first-order chi connectivity index (χ1) is 19.0. The van der Waals surface area contributed by atoms with Crippen LogP contribution in [-0.2, 0) is 18.9 Å². The van der Waals surface area contributed by atoms with E-state index in [9.17, 15) is 14.4 Å². The standard InChI is InChI=1S/C31H46N2O7/c1-7-38-28(34)26-9-8-25(20(2)27(26)29(35)37-6)21-10-14-32(15-11-21)22-18-24(19-22)39-23-12-16-33(17-13-23)30(36)40-31(3,4)5/h8-9,21-24H,7,10-19H2,1-6H3. The molecule has 0 aromatic heterocycles. The van der Waals surface area contributed by atoms with E-state index in [-0.39, 0.29) is 24.4 Å². The van der Waals surface area contributed by atoms with Crippen LogP contribution in [0.3, 0.4) is 0 Å². The van der Waals surface area contributed by atoms with Gasteiger partial charge in [0.25, 0.3) is 0 Å². The minimum absolute atomic E-state index is 0.208. The quantitative estimate of drug-likeness (QED) is 0.338. The molecule has 9 nitrogen and oxygen atoms in total. The summed E-state index contributed by atoms with van der Waals surface area (Å²) in [5, 5.41) is 0. The zero-order valence-electron chi connectivity index (χ0n) is 25.0. The van der Waals surface area contributed by atoms with Crippen LogP contribution in [0.5, 0.6) is 0 Å². The predicted molar refractivity (Wildman–Crippen MR) is 151 cm³/mol. The topological polar surface area (TPSA) is 94.6 Å². The molecule has 4 rings (SSSR count). The molecule has 2 aliphatic heterocycles. The Morgan fingerprint density at radius 3 is 2.15 bits per heavy atom. The summed E-state index contributed by atoms with van der Waals surface area (Å²) in [5.74, 6) is -0.670. The van der Waals surface area contributed by atoms with Crippen LogP contribution < -0.4 is 0 Å². The first kappa shape index (κ1) is 30.3. The van der Waals surface area contributed by atoms with Gasteiger partial charge in [0.2, 0.25) is 0 Å². The van der Waals surface area contributed by atoms with E-state index < -0.39 is 17.5 Å². The number of methoxy groups -OCH3 is 1. The van der Waals surface area contributed by atoms with Gasteiger partial charge in [-0.2, -0.15) is 0 Å². The fourth-order valence-corrected chi connectivity index (χ4v) is 6.21. The van der Waals surface area contributed by atoms with E-state index in [1.165, 1.54) is 7.11 Å². The third kappa shape index (κ3) is 7.16. The first-order valence-corrected chi connectivity index (χ1v) is 14.8. The summed E-state index contributed by atoms with van der Waals surface area (Å²) in [6.07, 6.45) is 6.09. The number of esters is 2. The zero-order valence-corrected chi connectivity index (χ0v) is 25.0. The Hall–Kier alpha value is -2.65. The van der Waals surface area contributed by atoms with Crippen molar-refractivity contribution in [2.45, 2.75) is 103 Å². The van der Waals surface area contributed by atoms with Crippen LogP contribution in [0.2, 0.25) is 0 Å². The third-order valence-electron chi connectivity index (χ3n) is 8.43. The van der Waals surface area contributed by atoms with Gasteiger partial charge < -0.3 is 28.7 Å². The number of piperidine rings is 2. The minimum Gasteiger partial charge on any atom is -0.465 e. The molecule has 0 bridgehead atoms. The molecule has 9 heteroatoms. The molecule has 3 fully saturated rings. The lowest BCUT2D eigenvalue weighted by Crippen LogP contribution is -2.52. The minimum atomic E-state index is -0.504. The molecule has 1 aromatic rings. The number of amides is 1. The van der Waals surface area contributed by atoms with Crippen molar-refractivity contribution in [1.29, 1.82) is 0 Å². The van der Waals surface area contributed by atoms with Crippen molar-refractivity contribution >= 4 is 18.0 Å². The molecular formula is C31H46N2O7. The van der Waals surface area contributed by atoms with E-state index in [1.807, 2.05) is 33.8 Å². The normalized spacial score (nSPS) is 22.9. The van der Waals surface area contributed by atoms with Crippen molar-refractivity contribution in [1.82, 2.24) is 9.80 Å². The van der Waals surface area contributed by atoms with Crippen molar-refractivity contribution < 1.29 is 33.3 Å². The predicted octanol–water partition coefficient (Wildman–Crippen LogP) is 5.08. The van der Waals surface area contributed by atoms with Crippen molar-refractivity contribution in [3.63, 3.8) is 0 Å². The summed E-state index contributed by atoms with van der Waals surface area (Å²) in [7, 11) is 1.34. The highest BCUT2D eigenvalue weighted by molar-refractivity contribution is 6.04. The Balaban J connectivity index is 1.24. The second-order valence-corrected chi connectivity index (χ2v) is 12.3. The van der Waals surface area contributed by atoms with Crippen LogP contribution in [0.25, 0.3) is 0 Å². The molecule has 0 spiro atoms. The number of nitrogens with zero attached hydrogens (tertiary/aromatic N) is 2. The van der Waals surface area contributed by atoms with Crippen molar-refractivity contribution in [3.05, 3.63) is 34.4 Å². The Kier molecular flexibility index (Phi) is 9.77. The summed E-state index contributed by atoms with van der Waals surface area (Å²) in [4.78, 5) is 41.7. The lowest BCUT2D eigenvalue weighted by atomic mass is 9.81. The maximum Gasteiger partial charge on any atom is 0.410 e. The van der Waals surface area contributed by atoms with E-state index in [1.54, 1.807) is 17.9 Å². The highest BCUT2D eigenvalue weighted by Gasteiger charge is 2.38. The first-order valence-electron chi connectivity index (χ1n) is 14.8. The van der Waals surface area contributed by atoms with Gasteiger partial charge >= 0.3 is 18.0 Å². The summed E-state index contributed by atoms with van der Waals surface area (Å²) in [5.41, 5.74) is 2.03. The molecule has 2 saturated heterocycles. The largest absolute Gasteiger partial charge is 0.465 e. The Bertz CT molecular complexity index is 1060. The lowest BCUT2D eigenvalue weighted by molar-refractivity contribution is -0.105. The lowest BCUT2D eigenvalue weighted by Gasteiger charge is -2.47. The van der Waals surface area contributed by atoms with Crippen LogP contribution in [-0.4, -0.2) is 91.6 Å². The average Bonchev–Trinajstić information content (AvgIpc) is 2.89. The number of likely N-dealkylation sites (tertiary alicyclic amines) is 2. The fourth-order valence-electron chi connectivity index (χ4n) is 6.21. The Morgan fingerprint density at radius 1 is 0.925 bits per heavy atom. The molecule has 0 unspecified atom stereocenters. The molecule has 0 radical (unpaired) electrons. The molecule has 1 saturated carbocycles. The van der Waals surface area contributed by atoms with E-state index >= 15 is 0 Å². The van der Waals surface area contributed by atoms with Gasteiger partial charge in [0, 0.05) is 19.1 Å². The van der Waals surface area contributed by atoms with Gasteiger partial charge in [0.1, 0.15) is 5.60 Å². The number of benzene rings is 1. The smallest absolute Gasteiger partial charge is 0.410 e. The van der Waals surface area contributed by atoms with Gasteiger partial charge in [-0.25, -0.2) is 14.4 Å². The number of carbonyl (C=O) groups is 3. The van der Waals surface area contributed by atoms with E-state index in [0.29, 0.717) is 36.7 Å². The summed E-state index contributed by atoms with van der Waals surface area (Å²) < 4.78 is 22.1. The van der Waals surface area contributed by atoms with Crippen LogP contribution >= 0.6 is 0 Å². The second-order valence-electron chi connectivity index (χ2n) is 12.3. The summed E-state index contributed by atoms with van der Waals surface area (Å²) >= 11 is 0. The maximum absolute atomic E-state index is 12.6. The molecule has 0 atom stereocenters. The van der Waals surface area contributed by atoms with Crippen molar-refractivity contribution in [2.24, 2.45) is 0 Å². The van der Waals surface area contributed by atoms with Gasteiger partial charge in [-0.1, -0.05) is 6.07 Å². The van der Waals surface area contributed by atoms with Gasteiger partial charge in [-0.15, -0.1) is 0 Å². The highest BCUT2D eigenvalue weighted by atomic mass is 16.6. The van der Waals surface area contributed by atoms with Gasteiger partial charge in [0.05, 0.1) is 37.1 Å². The fraction of sp³-hybridized carbons (Fsp3) is 0.710. The summed E-state index contributed by atoms with van der Waals surface area (Å²) in [6.45, 7) is 12.9. The maximum atomic E-state index is 12.6. The second kappa shape index (κ2) is 12.9. The van der Waals surface area contributed by atoms with E-state index in [2.05, 4.69) is 4.90 Å². The molecule has 1 aliphatic carbocycles. The van der Waals surface area contributed by atoms with Gasteiger partial charge in [0.15, 0.2) is 0 Å². The third-order valence-corrected chi connectivity index (χ3v) is 8.43. The van der Waals surface area contributed by atoms with E-state index in [0.717, 1.165) is 62.7 Å². The molecule has 222 valence electrons. The SMILES string of the molecule is CCOC(=O)c1ccc(C2CCN(C3CC(OC4CCN(C(=O)OC(C)(C)C)CC4)C3)CC2)c(C)c1C(=O)OC. The molecule has 2 heterocycles. The van der Waals surface area contributed by atoms with Crippen LogP contribution in [0.4, 0.5) is 4.79 Å². The number of rotatable bonds is 7. The van der Waals surface area contributed by atoms with Crippen molar-refractivity contribution in [2.75, 3.05) is 39.9 Å². The Labute approximate surface area is 238 Å². The average molecular weight is 559 g/mol. The number of carbonyl (C=O) groups excluding carboxylic acids is 3. The number of hydrogen-bond donors (Lipinski definition) is 0. The van der Waals surface area contributed by atoms with E-state index in [4.69, 9.17) is 18.9 Å². The monoisotopic (exact) mass is 558 g/mol. The van der Waals surface area contributed by atoms with Gasteiger partial charge in [-0.3, -0.25) is 0 Å². The molecule has 1 amide bonds. The molecular weight excluding hydrogens is 512 g/mol. The van der Waals surface area contributed by atoms with Crippen LogP contribution in [0.1, 0.15) is 104 Å². The zero-order chi connectivity index (χ0) is 29.0. The molecule has 3 aliphatic rings. The number of ether oxygens (including phenoxy) is 4. The highest BCUT2D eigenvalue weighted by Crippen LogP contribution is 2.37. The molecule has 1 aromatic carbocycles. The number of hydrogen-bond acceptors (Lipinski definition) is 8. The van der Waals surface area contributed by atoms with Crippen molar-refractivity contribution in [3.8, 4) is 0 Å². The summed E-state index contributed by atoms with van der Waals surface area (Å²) in [6, 6.07) is 4.24.